The zero-order valence-electron chi connectivity index (χ0n) is 10.1. The van der Waals surface area contributed by atoms with Gasteiger partial charge in [0.2, 0.25) is 5.91 Å². The topological polar surface area (TPSA) is 78.9 Å². The number of rotatable bonds is 4. The molecule has 0 aliphatic carbocycles. The molecule has 0 spiro atoms. The van der Waals surface area contributed by atoms with E-state index in [0.29, 0.717) is 6.42 Å². The molecule has 1 aromatic rings. The van der Waals surface area contributed by atoms with Gasteiger partial charge >= 0.3 is 0 Å². The highest BCUT2D eigenvalue weighted by Crippen LogP contribution is 2.05. The Labute approximate surface area is 101 Å². The van der Waals surface area contributed by atoms with Gasteiger partial charge in [0, 0.05) is 7.05 Å². The molecule has 5 heteroatoms. The molecule has 0 aliphatic heterocycles. The normalized spacial score (nSPS) is 11.3. The minimum atomic E-state index is -0.0690. The lowest BCUT2D eigenvalue weighted by Gasteiger charge is -2.16. The highest BCUT2D eigenvalue weighted by atomic mass is 16.4. The van der Waals surface area contributed by atoms with Crippen molar-refractivity contribution >= 4 is 11.7 Å². The van der Waals surface area contributed by atoms with E-state index in [0.717, 1.165) is 11.1 Å². The molecule has 0 heterocycles. The second-order valence-corrected chi connectivity index (χ2v) is 4.00. The van der Waals surface area contributed by atoms with Crippen LogP contribution in [-0.2, 0) is 11.2 Å². The number of likely N-dealkylation sites (N-methyl/N-ethyl adjacent to an activating group) is 1. The third-order valence-corrected chi connectivity index (χ3v) is 2.43. The maximum atomic E-state index is 11.8. The van der Waals surface area contributed by atoms with Gasteiger partial charge in [-0.25, -0.2) is 0 Å². The highest BCUT2D eigenvalue weighted by molar-refractivity contribution is 5.87. The summed E-state index contributed by atoms with van der Waals surface area (Å²) in [4.78, 5) is 13.2. The average Bonchev–Trinajstić information content (AvgIpc) is 2.31. The Hall–Kier alpha value is -2.04. The van der Waals surface area contributed by atoms with Crippen LogP contribution in [-0.4, -0.2) is 35.4 Å². The zero-order valence-corrected chi connectivity index (χ0v) is 10.1. The van der Waals surface area contributed by atoms with Crippen LogP contribution < -0.4 is 5.73 Å². The largest absolute Gasteiger partial charge is 0.409 e. The monoisotopic (exact) mass is 235 g/mol. The molecule has 0 atom stereocenters. The number of carbonyl (C=O) groups is 1. The van der Waals surface area contributed by atoms with Crippen LogP contribution in [0.2, 0.25) is 0 Å². The predicted octanol–water partition coefficient (Wildman–Crippen LogP) is 0.742. The van der Waals surface area contributed by atoms with E-state index in [9.17, 15) is 4.79 Å². The lowest BCUT2D eigenvalue weighted by molar-refractivity contribution is -0.128. The van der Waals surface area contributed by atoms with Crippen LogP contribution in [0, 0.1) is 6.92 Å². The first-order valence-electron chi connectivity index (χ1n) is 5.29. The number of amides is 1. The van der Waals surface area contributed by atoms with E-state index < -0.39 is 0 Å². The van der Waals surface area contributed by atoms with Crippen molar-refractivity contribution in [3.05, 3.63) is 35.4 Å². The van der Waals surface area contributed by atoms with E-state index in [1.165, 1.54) is 4.90 Å². The van der Waals surface area contributed by atoms with Crippen LogP contribution in [0.3, 0.4) is 0 Å². The fourth-order valence-corrected chi connectivity index (χ4v) is 1.38. The van der Waals surface area contributed by atoms with E-state index >= 15 is 0 Å². The van der Waals surface area contributed by atoms with Crippen molar-refractivity contribution in [2.24, 2.45) is 10.9 Å². The third kappa shape index (κ3) is 4.14. The van der Waals surface area contributed by atoms with Gasteiger partial charge in [-0.05, 0) is 12.5 Å². The molecule has 92 valence electrons. The molecular formula is C12H17N3O2. The van der Waals surface area contributed by atoms with Gasteiger partial charge in [-0.1, -0.05) is 35.0 Å². The number of hydrogen-bond acceptors (Lipinski definition) is 3. The van der Waals surface area contributed by atoms with E-state index in [-0.39, 0.29) is 18.3 Å². The Balaban J connectivity index is 2.57. The molecule has 5 nitrogen and oxygen atoms in total. The van der Waals surface area contributed by atoms with Crippen LogP contribution in [0.1, 0.15) is 11.1 Å². The summed E-state index contributed by atoms with van der Waals surface area (Å²) in [5, 5.41) is 11.2. The Morgan fingerprint density at radius 3 is 2.53 bits per heavy atom. The molecule has 1 aromatic carbocycles. The van der Waals surface area contributed by atoms with Crippen LogP contribution in [0.25, 0.3) is 0 Å². The fourth-order valence-electron chi connectivity index (χ4n) is 1.38. The van der Waals surface area contributed by atoms with Crippen molar-refractivity contribution in [1.82, 2.24) is 4.90 Å². The number of benzene rings is 1. The summed E-state index contributed by atoms with van der Waals surface area (Å²) in [6.07, 6.45) is 0.315. The molecule has 0 fully saturated rings. The number of nitrogens with two attached hydrogens (primary N) is 1. The number of amidine groups is 1. The molecule has 0 saturated carbocycles. The van der Waals surface area contributed by atoms with Gasteiger partial charge in [-0.3, -0.25) is 4.79 Å². The molecule has 0 aliphatic rings. The fraction of sp³-hybridized carbons (Fsp3) is 0.333. The Kier molecular flexibility index (Phi) is 4.51. The standard InChI is InChI=1S/C12H17N3O2/c1-9-3-5-10(6-4-9)7-12(16)15(2)8-11(13)14-17/h3-6,17H,7-8H2,1-2H3,(H2,13,14). The summed E-state index contributed by atoms with van der Waals surface area (Å²) in [5.41, 5.74) is 7.44. The summed E-state index contributed by atoms with van der Waals surface area (Å²) < 4.78 is 0. The van der Waals surface area contributed by atoms with Crippen molar-refractivity contribution in [2.75, 3.05) is 13.6 Å². The summed E-state index contributed by atoms with van der Waals surface area (Å²) in [6, 6.07) is 7.77. The van der Waals surface area contributed by atoms with Gasteiger partial charge in [0.25, 0.3) is 0 Å². The second-order valence-electron chi connectivity index (χ2n) is 4.00. The SMILES string of the molecule is Cc1ccc(CC(=O)N(C)CC(N)=NO)cc1. The minimum Gasteiger partial charge on any atom is -0.409 e. The van der Waals surface area contributed by atoms with E-state index in [2.05, 4.69) is 5.16 Å². The molecule has 1 amide bonds. The van der Waals surface area contributed by atoms with Crippen molar-refractivity contribution in [3.8, 4) is 0 Å². The summed E-state index contributed by atoms with van der Waals surface area (Å²) in [6.45, 7) is 2.12. The Morgan fingerprint density at radius 2 is 2.00 bits per heavy atom. The number of aryl methyl sites for hydroxylation is 1. The van der Waals surface area contributed by atoms with Crippen LogP contribution in [0.4, 0.5) is 0 Å². The summed E-state index contributed by atoms with van der Waals surface area (Å²) in [7, 11) is 1.62. The predicted molar refractivity (Wildman–Crippen MR) is 65.9 cm³/mol. The van der Waals surface area contributed by atoms with Crippen LogP contribution >= 0.6 is 0 Å². The van der Waals surface area contributed by atoms with Gasteiger partial charge in [0.05, 0.1) is 13.0 Å². The van der Waals surface area contributed by atoms with Crippen LogP contribution in [0.5, 0.6) is 0 Å². The first-order chi connectivity index (χ1) is 8.02. The van der Waals surface area contributed by atoms with Crippen LogP contribution in [0.15, 0.2) is 29.4 Å². The smallest absolute Gasteiger partial charge is 0.227 e. The van der Waals surface area contributed by atoms with Gasteiger partial charge in [0.15, 0.2) is 5.84 Å². The molecule has 0 aromatic heterocycles. The van der Waals surface area contributed by atoms with Crippen molar-refractivity contribution in [1.29, 1.82) is 0 Å². The average molecular weight is 235 g/mol. The van der Waals surface area contributed by atoms with E-state index in [1.54, 1.807) is 7.05 Å². The number of nitrogens with zero attached hydrogens (tertiary/aromatic N) is 2. The quantitative estimate of drug-likeness (QED) is 0.350. The molecule has 0 saturated heterocycles. The number of hydrogen-bond donors (Lipinski definition) is 2. The lowest BCUT2D eigenvalue weighted by Crippen LogP contribution is -2.36. The maximum absolute atomic E-state index is 11.8. The van der Waals surface area contributed by atoms with Crippen molar-refractivity contribution in [2.45, 2.75) is 13.3 Å². The van der Waals surface area contributed by atoms with E-state index in [4.69, 9.17) is 10.9 Å². The molecule has 0 bridgehead atoms. The summed E-state index contributed by atoms with van der Waals surface area (Å²) in [5.74, 6) is -0.0507. The molecule has 17 heavy (non-hydrogen) atoms. The van der Waals surface area contributed by atoms with Crippen molar-refractivity contribution < 1.29 is 10.0 Å². The van der Waals surface area contributed by atoms with Gasteiger partial charge in [0.1, 0.15) is 0 Å². The van der Waals surface area contributed by atoms with Crippen molar-refractivity contribution in [3.63, 3.8) is 0 Å². The first-order valence-corrected chi connectivity index (χ1v) is 5.29. The maximum Gasteiger partial charge on any atom is 0.227 e. The molecule has 0 radical (unpaired) electrons. The zero-order chi connectivity index (χ0) is 12.8. The van der Waals surface area contributed by atoms with Gasteiger partial charge in [-0.15, -0.1) is 0 Å². The van der Waals surface area contributed by atoms with Gasteiger partial charge < -0.3 is 15.8 Å². The number of carbonyl (C=O) groups excluding carboxylic acids is 1. The lowest BCUT2D eigenvalue weighted by atomic mass is 10.1. The molecular weight excluding hydrogens is 218 g/mol. The molecule has 1 rings (SSSR count). The second kappa shape index (κ2) is 5.89. The Bertz CT molecular complexity index is 412. The van der Waals surface area contributed by atoms with Gasteiger partial charge in [-0.2, -0.15) is 0 Å². The van der Waals surface area contributed by atoms with E-state index in [1.807, 2.05) is 31.2 Å². The Morgan fingerprint density at radius 1 is 1.41 bits per heavy atom. The third-order valence-electron chi connectivity index (χ3n) is 2.43. The molecule has 3 N–H and O–H groups in total. The number of oxime groups is 1. The first kappa shape index (κ1) is 13.0. The molecule has 0 unspecified atom stereocenters. The highest BCUT2D eigenvalue weighted by Gasteiger charge is 2.10. The summed E-state index contributed by atoms with van der Waals surface area (Å²) >= 11 is 0. The minimum absolute atomic E-state index is 0.0183.